The van der Waals surface area contributed by atoms with Crippen molar-refractivity contribution in [2.45, 2.75) is 51.5 Å². The monoisotopic (exact) mass is 494 g/mol. The number of hydrogen-bond donors (Lipinski definition) is 2. The van der Waals surface area contributed by atoms with Gasteiger partial charge < -0.3 is 15.1 Å². The lowest BCUT2D eigenvalue weighted by molar-refractivity contribution is -0.942. The number of quaternary nitrogens is 1. The number of thioether (sulfide) groups is 1. The van der Waals surface area contributed by atoms with Gasteiger partial charge in [0.25, 0.3) is 5.56 Å². The van der Waals surface area contributed by atoms with Gasteiger partial charge in [-0.2, -0.15) is 0 Å². The van der Waals surface area contributed by atoms with E-state index in [1.165, 1.54) is 21.6 Å². The molecule has 4 rings (SSSR count). The number of rotatable bonds is 8. The topological polar surface area (TPSA) is 88.7 Å². The summed E-state index contributed by atoms with van der Waals surface area (Å²) in [5.41, 5.74) is 1.81. The summed E-state index contributed by atoms with van der Waals surface area (Å²) < 4.78 is 1.70. The molecule has 0 aliphatic carbocycles. The molecule has 2 N–H and O–H groups in total. The predicted octanol–water partition coefficient (Wildman–Crippen LogP) is 2.18. The van der Waals surface area contributed by atoms with Gasteiger partial charge in [0.2, 0.25) is 11.8 Å². The molecule has 9 heteroatoms. The molecule has 3 aromatic rings. The fraction of sp³-hybridized carbons (Fsp3) is 0.385. The summed E-state index contributed by atoms with van der Waals surface area (Å²) in [6.45, 7) is 9.96. The second-order valence-electron chi connectivity index (χ2n) is 9.34. The molecular weight excluding hydrogens is 462 g/mol. The van der Waals surface area contributed by atoms with Crippen molar-refractivity contribution in [1.29, 1.82) is 0 Å². The zero-order valence-electron chi connectivity index (χ0n) is 20.6. The summed E-state index contributed by atoms with van der Waals surface area (Å²) >= 11 is 1.24. The molecule has 2 aromatic carbocycles. The molecular formula is C26H32N5O3S+. The number of carbonyl (C=O) groups is 2. The minimum atomic E-state index is -0.228. The summed E-state index contributed by atoms with van der Waals surface area (Å²) in [5, 5.41) is 3.89. The van der Waals surface area contributed by atoms with E-state index in [9.17, 15) is 14.4 Å². The summed E-state index contributed by atoms with van der Waals surface area (Å²) in [5.74, 6) is -0.367. The molecule has 35 heavy (non-hydrogen) atoms. The van der Waals surface area contributed by atoms with Crippen LogP contribution in [0, 0.1) is 0 Å². The highest BCUT2D eigenvalue weighted by Gasteiger charge is 2.27. The highest BCUT2D eigenvalue weighted by molar-refractivity contribution is 7.99. The summed E-state index contributed by atoms with van der Waals surface area (Å²) in [7, 11) is 0. The van der Waals surface area contributed by atoms with Crippen LogP contribution in [0.15, 0.2) is 58.5 Å². The fourth-order valence-electron chi connectivity index (χ4n) is 4.60. The standard InChI is InChI=1S/C26H31N5O3S/c1-17(2)29(18(3)4)13-14-30-25(34)19-9-5-6-10-20(19)28-26(30)35-16-24(33)31-15-23(32)27-21-11-7-8-12-22(21)31/h5-12,17-18H,13-16H2,1-4H3,(H,27,32)/p+1. The van der Waals surface area contributed by atoms with Crippen molar-refractivity contribution in [2.24, 2.45) is 0 Å². The summed E-state index contributed by atoms with van der Waals surface area (Å²) in [6.07, 6.45) is 0. The molecule has 184 valence electrons. The van der Waals surface area contributed by atoms with Gasteiger partial charge in [0.1, 0.15) is 6.54 Å². The van der Waals surface area contributed by atoms with Crippen LogP contribution in [0.5, 0.6) is 0 Å². The lowest BCUT2D eigenvalue weighted by atomic mass is 10.2. The maximum Gasteiger partial charge on any atom is 0.262 e. The highest BCUT2D eigenvalue weighted by atomic mass is 32.2. The van der Waals surface area contributed by atoms with Crippen LogP contribution in [0.25, 0.3) is 10.9 Å². The Labute approximate surface area is 209 Å². The Morgan fingerprint density at radius 3 is 2.49 bits per heavy atom. The average Bonchev–Trinajstić information content (AvgIpc) is 2.83. The van der Waals surface area contributed by atoms with E-state index in [1.807, 2.05) is 36.4 Å². The van der Waals surface area contributed by atoms with E-state index in [-0.39, 0.29) is 29.7 Å². The van der Waals surface area contributed by atoms with Crippen LogP contribution in [0.4, 0.5) is 11.4 Å². The van der Waals surface area contributed by atoms with Crippen LogP contribution in [0.2, 0.25) is 0 Å². The molecule has 0 radical (unpaired) electrons. The zero-order valence-corrected chi connectivity index (χ0v) is 21.4. The molecule has 0 unspecified atom stereocenters. The van der Waals surface area contributed by atoms with Crippen LogP contribution in [0.3, 0.4) is 0 Å². The van der Waals surface area contributed by atoms with Gasteiger partial charge in [-0.15, -0.1) is 0 Å². The first kappa shape index (κ1) is 24.9. The van der Waals surface area contributed by atoms with Crippen molar-refractivity contribution in [1.82, 2.24) is 9.55 Å². The first-order chi connectivity index (χ1) is 16.8. The van der Waals surface area contributed by atoms with Gasteiger partial charge in [-0.1, -0.05) is 36.0 Å². The van der Waals surface area contributed by atoms with E-state index in [4.69, 9.17) is 4.98 Å². The molecule has 1 aromatic heterocycles. The van der Waals surface area contributed by atoms with Crippen LogP contribution in [-0.4, -0.2) is 52.3 Å². The van der Waals surface area contributed by atoms with Crippen molar-refractivity contribution in [3.8, 4) is 0 Å². The normalized spacial score (nSPS) is 13.6. The largest absolute Gasteiger partial charge is 0.330 e. The number of benzene rings is 2. The summed E-state index contributed by atoms with van der Waals surface area (Å²) in [4.78, 5) is 46.4. The Bertz CT molecular complexity index is 1300. The van der Waals surface area contributed by atoms with Gasteiger partial charge in [0.05, 0.1) is 53.2 Å². The number of carbonyl (C=O) groups excluding carboxylic acids is 2. The van der Waals surface area contributed by atoms with Crippen molar-refractivity contribution in [3.63, 3.8) is 0 Å². The lowest BCUT2D eigenvalue weighted by Crippen LogP contribution is -3.18. The molecule has 0 bridgehead atoms. The molecule has 0 spiro atoms. The van der Waals surface area contributed by atoms with Gasteiger partial charge in [0.15, 0.2) is 5.16 Å². The van der Waals surface area contributed by atoms with E-state index >= 15 is 0 Å². The quantitative estimate of drug-likeness (QED) is 0.370. The Kier molecular flexibility index (Phi) is 7.57. The van der Waals surface area contributed by atoms with E-state index < -0.39 is 0 Å². The number of anilines is 2. The first-order valence-corrected chi connectivity index (χ1v) is 12.9. The third kappa shape index (κ3) is 5.41. The Morgan fingerprint density at radius 1 is 1.06 bits per heavy atom. The molecule has 1 aliphatic rings. The SMILES string of the molecule is CC(C)[NH+](CCn1c(SCC(=O)N2CC(=O)Nc3ccccc32)nc2ccccc2c1=O)C(C)C. The Morgan fingerprint density at radius 2 is 1.74 bits per heavy atom. The van der Waals surface area contributed by atoms with Gasteiger partial charge in [-0.25, -0.2) is 4.98 Å². The number of hydrogen-bond acceptors (Lipinski definition) is 5. The molecule has 0 saturated carbocycles. The van der Waals surface area contributed by atoms with Gasteiger partial charge >= 0.3 is 0 Å². The number of para-hydroxylation sites is 3. The first-order valence-electron chi connectivity index (χ1n) is 11.9. The van der Waals surface area contributed by atoms with Crippen molar-refractivity contribution in [3.05, 3.63) is 58.9 Å². The number of fused-ring (bicyclic) bond motifs is 2. The minimum absolute atomic E-state index is 0.0323. The van der Waals surface area contributed by atoms with E-state index in [0.717, 1.165) is 6.54 Å². The summed E-state index contributed by atoms with van der Waals surface area (Å²) in [6, 6.07) is 15.4. The van der Waals surface area contributed by atoms with Crippen LogP contribution in [0.1, 0.15) is 27.7 Å². The third-order valence-electron chi connectivity index (χ3n) is 6.33. The van der Waals surface area contributed by atoms with Crippen LogP contribution < -0.4 is 20.7 Å². The molecule has 0 fully saturated rings. The van der Waals surface area contributed by atoms with Crippen LogP contribution >= 0.6 is 11.8 Å². The smallest absolute Gasteiger partial charge is 0.262 e. The predicted molar refractivity (Wildman–Crippen MR) is 140 cm³/mol. The second kappa shape index (κ2) is 10.6. The third-order valence-corrected chi connectivity index (χ3v) is 7.29. The number of nitrogens with zero attached hydrogens (tertiary/aromatic N) is 3. The molecule has 2 heterocycles. The highest BCUT2D eigenvalue weighted by Crippen LogP contribution is 2.30. The molecule has 0 atom stereocenters. The minimum Gasteiger partial charge on any atom is -0.330 e. The zero-order chi connectivity index (χ0) is 25.1. The lowest BCUT2D eigenvalue weighted by Gasteiger charge is -2.29. The Hall–Kier alpha value is -3.17. The molecule has 0 saturated heterocycles. The molecule has 1 aliphatic heterocycles. The fourth-order valence-corrected chi connectivity index (χ4v) is 5.50. The number of aromatic nitrogens is 2. The maximum absolute atomic E-state index is 13.4. The van der Waals surface area contributed by atoms with Crippen molar-refractivity contribution < 1.29 is 14.5 Å². The molecule has 2 amide bonds. The maximum atomic E-state index is 13.4. The molecule has 8 nitrogen and oxygen atoms in total. The van der Waals surface area contributed by atoms with Gasteiger partial charge in [0, 0.05) is 0 Å². The van der Waals surface area contributed by atoms with Crippen LogP contribution in [-0.2, 0) is 16.1 Å². The van der Waals surface area contributed by atoms with Crippen molar-refractivity contribution in [2.75, 3.05) is 29.1 Å². The van der Waals surface area contributed by atoms with Gasteiger partial charge in [-0.3, -0.25) is 19.0 Å². The van der Waals surface area contributed by atoms with E-state index in [1.54, 1.807) is 16.7 Å². The van der Waals surface area contributed by atoms with Gasteiger partial charge in [-0.05, 0) is 52.0 Å². The average molecular weight is 495 g/mol. The van der Waals surface area contributed by atoms with E-state index in [0.29, 0.717) is 46.1 Å². The second-order valence-corrected chi connectivity index (χ2v) is 10.3. The van der Waals surface area contributed by atoms with Crippen molar-refractivity contribution >= 4 is 45.9 Å². The number of nitrogens with one attached hydrogen (secondary N) is 2. The van der Waals surface area contributed by atoms with E-state index in [2.05, 4.69) is 33.0 Å². The number of amides is 2. The Balaban J connectivity index is 1.61.